The van der Waals surface area contributed by atoms with E-state index < -0.39 is 17.3 Å². The first-order valence-corrected chi connectivity index (χ1v) is 4.19. The molecule has 1 rings (SSSR count). The van der Waals surface area contributed by atoms with Gasteiger partial charge in [-0.05, 0) is 6.42 Å². The van der Waals surface area contributed by atoms with Gasteiger partial charge in [-0.15, -0.1) is 0 Å². The molecule has 0 aromatic heterocycles. The Kier molecular flexibility index (Phi) is 2.25. The highest BCUT2D eigenvalue weighted by molar-refractivity contribution is 5.78. The second-order valence-electron chi connectivity index (χ2n) is 3.30. The molecule has 68 valence electrons. The summed E-state index contributed by atoms with van der Waals surface area (Å²) in [4.78, 5) is 10.7. The molecule has 4 heteroatoms. The van der Waals surface area contributed by atoms with Crippen LogP contribution in [0.3, 0.4) is 0 Å². The fraction of sp³-hybridized carbons (Fsp3) is 0.667. The normalized spacial score (nSPS) is 28.5. The summed E-state index contributed by atoms with van der Waals surface area (Å²) in [5.74, 6) is -2.08. The number of hydrogen-bond acceptors (Lipinski definition) is 3. The van der Waals surface area contributed by atoms with Crippen molar-refractivity contribution in [2.75, 3.05) is 0 Å². The van der Waals surface area contributed by atoms with Gasteiger partial charge in [0, 0.05) is 5.92 Å². The molecule has 0 bridgehead atoms. The Bertz CT molecular complexity index is 297. The van der Waals surface area contributed by atoms with Crippen molar-refractivity contribution in [2.24, 2.45) is 17.3 Å². The van der Waals surface area contributed by atoms with Crippen LogP contribution in [0.15, 0.2) is 0 Å². The first-order valence-electron chi connectivity index (χ1n) is 4.19. The first kappa shape index (κ1) is 9.54. The molecule has 4 nitrogen and oxygen atoms in total. The van der Waals surface area contributed by atoms with Gasteiger partial charge in [-0.3, -0.25) is 4.79 Å². The summed E-state index contributed by atoms with van der Waals surface area (Å²) in [7, 11) is 0. The fourth-order valence-corrected chi connectivity index (χ4v) is 1.86. The molecule has 0 heterocycles. The zero-order valence-electron chi connectivity index (χ0n) is 7.32. The van der Waals surface area contributed by atoms with Crippen LogP contribution < -0.4 is 0 Å². The lowest BCUT2D eigenvalue weighted by molar-refractivity contribution is -0.139. The molecule has 0 spiro atoms. The quantitative estimate of drug-likeness (QED) is 0.702. The average Bonchev–Trinajstić information content (AvgIpc) is 2.75. The molecule has 0 saturated heterocycles. The van der Waals surface area contributed by atoms with Gasteiger partial charge in [0.25, 0.3) is 0 Å². The number of carboxylic acids is 1. The lowest BCUT2D eigenvalue weighted by atomic mass is 10.1. The van der Waals surface area contributed by atoms with E-state index in [0.29, 0.717) is 6.42 Å². The summed E-state index contributed by atoms with van der Waals surface area (Å²) < 4.78 is 0. The Morgan fingerprint density at radius 1 is 1.54 bits per heavy atom. The van der Waals surface area contributed by atoms with Crippen LogP contribution in [0.4, 0.5) is 0 Å². The van der Waals surface area contributed by atoms with Crippen LogP contribution in [0.2, 0.25) is 0 Å². The van der Waals surface area contributed by atoms with Crippen molar-refractivity contribution in [3.63, 3.8) is 0 Å². The Balaban J connectivity index is 2.85. The number of nitriles is 2. The minimum absolute atomic E-state index is 0.273. The molecule has 2 atom stereocenters. The van der Waals surface area contributed by atoms with Crippen LogP contribution in [-0.4, -0.2) is 11.1 Å². The third-order valence-electron chi connectivity index (χ3n) is 2.60. The summed E-state index contributed by atoms with van der Waals surface area (Å²) >= 11 is 0. The van der Waals surface area contributed by atoms with Gasteiger partial charge in [-0.25, -0.2) is 0 Å². The second kappa shape index (κ2) is 3.06. The van der Waals surface area contributed by atoms with Crippen LogP contribution in [0, 0.1) is 39.9 Å². The molecule has 0 amide bonds. The zero-order chi connectivity index (χ0) is 10.1. The molecule has 0 aromatic rings. The van der Waals surface area contributed by atoms with Crippen LogP contribution in [-0.2, 0) is 4.79 Å². The molecule has 1 aliphatic rings. The molecule has 0 aromatic carbocycles. The van der Waals surface area contributed by atoms with E-state index in [2.05, 4.69) is 0 Å². The second-order valence-corrected chi connectivity index (χ2v) is 3.30. The van der Waals surface area contributed by atoms with Crippen molar-refractivity contribution >= 4 is 5.97 Å². The molecule has 0 aliphatic heterocycles. The molecule has 2 unspecified atom stereocenters. The van der Waals surface area contributed by atoms with Gasteiger partial charge in [-0.2, -0.15) is 10.5 Å². The largest absolute Gasteiger partial charge is 0.481 e. The van der Waals surface area contributed by atoms with E-state index in [9.17, 15) is 4.79 Å². The molecule has 0 radical (unpaired) electrons. The Morgan fingerprint density at radius 3 is 2.31 bits per heavy atom. The van der Waals surface area contributed by atoms with Crippen molar-refractivity contribution < 1.29 is 9.90 Å². The van der Waals surface area contributed by atoms with Crippen molar-refractivity contribution in [3.8, 4) is 12.1 Å². The van der Waals surface area contributed by atoms with Crippen LogP contribution >= 0.6 is 0 Å². The van der Waals surface area contributed by atoms with Gasteiger partial charge in [0.2, 0.25) is 0 Å². The summed E-state index contributed by atoms with van der Waals surface area (Å²) in [6, 6.07) is 3.65. The van der Waals surface area contributed by atoms with Crippen LogP contribution in [0.5, 0.6) is 0 Å². The summed E-state index contributed by atoms with van der Waals surface area (Å²) in [6.07, 6.45) is 1.44. The topological polar surface area (TPSA) is 84.9 Å². The van der Waals surface area contributed by atoms with Crippen molar-refractivity contribution in [1.29, 1.82) is 10.5 Å². The van der Waals surface area contributed by atoms with E-state index in [0.717, 1.165) is 6.42 Å². The van der Waals surface area contributed by atoms with E-state index in [1.54, 1.807) is 0 Å². The van der Waals surface area contributed by atoms with Gasteiger partial charge >= 0.3 is 5.97 Å². The molecule has 1 N–H and O–H groups in total. The monoisotopic (exact) mass is 178 g/mol. The lowest BCUT2D eigenvalue weighted by Gasteiger charge is -1.92. The van der Waals surface area contributed by atoms with Crippen molar-refractivity contribution in [1.82, 2.24) is 0 Å². The average molecular weight is 178 g/mol. The first-order chi connectivity index (χ1) is 6.14. The van der Waals surface area contributed by atoms with Gasteiger partial charge in [0.15, 0.2) is 5.41 Å². The Hall–Kier alpha value is -1.55. The highest BCUT2D eigenvalue weighted by Crippen LogP contribution is 2.60. The fourth-order valence-electron chi connectivity index (χ4n) is 1.86. The number of carbonyl (C=O) groups is 1. The van der Waals surface area contributed by atoms with E-state index >= 15 is 0 Å². The SMILES string of the molecule is CCCC1C(C(=O)O)C1(C#N)C#N. The van der Waals surface area contributed by atoms with E-state index in [1.807, 2.05) is 19.1 Å². The highest BCUT2D eigenvalue weighted by atomic mass is 16.4. The number of hydrogen-bond donors (Lipinski definition) is 1. The maximum absolute atomic E-state index is 10.7. The zero-order valence-corrected chi connectivity index (χ0v) is 7.32. The predicted molar refractivity (Wildman–Crippen MR) is 43.2 cm³/mol. The van der Waals surface area contributed by atoms with Gasteiger partial charge in [0.05, 0.1) is 18.1 Å². The number of nitrogens with zero attached hydrogens (tertiary/aromatic N) is 2. The van der Waals surface area contributed by atoms with Crippen LogP contribution in [0.25, 0.3) is 0 Å². The van der Waals surface area contributed by atoms with Crippen LogP contribution in [0.1, 0.15) is 19.8 Å². The Morgan fingerprint density at radius 2 is 2.08 bits per heavy atom. The third-order valence-corrected chi connectivity index (χ3v) is 2.60. The maximum atomic E-state index is 10.7. The lowest BCUT2D eigenvalue weighted by Crippen LogP contribution is -2.05. The van der Waals surface area contributed by atoms with Crippen molar-refractivity contribution in [3.05, 3.63) is 0 Å². The summed E-state index contributed by atoms with van der Waals surface area (Å²) in [5, 5.41) is 26.2. The van der Waals surface area contributed by atoms with Gasteiger partial charge in [-0.1, -0.05) is 13.3 Å². The van der Waals surface area contributed by atoms with Gasteiger partial charge in [0.1, 0.15) is 0 Å². The number of rotatable bonds is 3. The van der Waals surface area contributed by atoms with Gasteiger partial charge < -0.3 is 5.11 Å². The molecule has 1 aliphatic carbocycles. The molecular formula is C9H10N2O2. The van der Waals surface area contributed by atoms with E-state index in [-0.39, 0.29) is 5.92 Å². The summed E-state index contributed by atoms with van der Waals surface area (Å²) in [6.45, 7) is 1.91. The Labute approximate surface area is 76.4 Å². The molecule has 1 fully saturated rings. The minimum Gasteiger partial charge on any atom is -0.481 e. The minimum atomic E-state index is -1.25. The highest BCUT2D eigenvalue weighted by Gasteiger charge is 2.69. The van der Waals surface area contributed by atoms with E-state index in [1.165, 1.54) is 0 Å². The predicted octanol–water partition coefficient (Wildman–Crippen LogP) is 1.15. The van der Waals surface area contributed by atoms with E-state index in [4.69, 9.17) is 15.6 Å². The number of aliphatic carboxylic acids is 1. The molecule has 1 saturated carbocycles. The molecular weight excluding hydrogens is 168 g/mol. The number of carboxylic acid groups (broad SMARTS) is 1. The smallest absolute Gasteiger partial charge is 0.309 e. The summed E-state index contributed by atoms with van der Waals surface area (Å²) in [5.41, 5.74) is -1.25. The standard InChI is InChI=1S/C9H10N2O2/c1-2-3-6-7(8(12)13)9(6,4-10)5-11/h6-7H,2-3H2,1H3,(H,12,13). The molecule has 13 heavy (non-hydrogen) atoms. The maximum Gasteiger partial charge on any atom is 0.309 e. The third kappa shape index (κ3) is 1.15. The van der Waals surface area contributed by atoms with Crippen molar-refractivity contribution in [2.45, 2.75) is 19.8 Å².